The standard InChI is InChI=1S/C20H22N2O2/c23-15-17-6-8-18(9-7-17)20(24)21-19-10-12-22(13-11-19)14-16-4-2-1-3-5-16/h1-9,15,19H,10-14H2,(H,21,24). The van der Waals surface area contributed by atoms with E-state index >= 15 is 0 Å². The number of aldehydes is 1. The van der Waals surface area contributed by atoms with Crippen molar-refractivity contribution in [1.82, 2.24) is 10.2 Å². The van der Waals surface area contributed by atoms with Crippen LogP contribution in [0.2, 0.25) is 0 Å². The number of piperidine rings is 1. The van der Waals surface area contributed by atoms with Gasteiger partial charge < -0.3 is 5.32 Å². The summed E-state index contributed by atoms with van der Waals surface area (Å²) in [5, 5.41) is 3.10. The zero-order chi connectivity index (χ0) is 16.8. The van der Waals surface area contributed by atoms with Crippen LogP contribution < -0.4 is 5.32 Å². The Hall–Kier alpha value is -2.46. The highest BCUT2D eigenvalue weighted by Gasteiger charge is 2.21. The van der Waals surface area contributed by atoms with E-state index < -0.39 is 0 Å². The molecule has 0 aromatic heterocycles. The normalized spacial score (nSPS) is 15.8. The number of nitrogens with zero attached hydrogens (tertiary/aromatic N) is 1. The summed E-state index contributed by atoms with van der Waals surface area (Å²) in [4.78, 5) is 25.4. The van der Waals surface area contributed by atoms with Gasteiger partial charge in [0, 0.05) is 36.8 Å². The average Bonchev–Trinajstić information content (AvgIpc) is 2.64. The lowest BCUT2D eigenvalue weighted by atomic mass is 10.0. The molecule has 0 aliphatic carbocycles. The number of hydrogen-bond donors (Lipinski definition) is 1. The molecule has 0 atom stereocenters. The van der Waals surface area contributed by atoms with Crippen molar-refractivity contribution in [3.63, 3.8) is 0 Å². The van der Waals surface area contributed by atoms with Gasteiger partial charge in [-0.15, -0.1) is 0 Å². The average molecular weight is 322 g/mol. The molecule has 1 N–H and O–H groups in total. The van der Waals surface area contributed by atoms with Crippen LogP contribution >= 0.6 is 0 Å². The topological polar surface area (TPSA) is 49.4 Å². The molecule has 0 unspecified atom stereocenters. The lowest BCUT2D eigenvalue weighted by Gasteiger charge is -2.32. The maximum absolute atomic E-state index is 12.3. The van der Waals surface area contributed by atoms with Gasteiger partial charge >= 0.3 is 0 Å². The van der Waals surface area contributed by atoms with Gasteiger partial charge in [0.1, 0.15) is 6.29 Å². The van der Waals surface area contributed by atoms with Gasteiger partial charge in [-0.2, -0.15) is 0 Å². The fraction of sp³-hybridized carbons (Fsp3) is 0.300. The van der Waals surface area contributed by atoms with Gasteiger partial charge in [0.05, 0.1) is 0 Å². The predicted octanol–water partition coefficient (Wildman–Crippen LogP) is 2.89. The Morgan fingerprint density at radius 1 is 1.04 bits per heavy atom. The fourth-order valence-corrected chi connectivity index (χ4v) is 3.06. The Morgan fingerprint density at radius 3 is 2.33 bits per heavy atom. The van der Waals surface area contributed by atoms with Gasteiger partial charge in [-0.25, -0.2) is 0 Å². The number of hydrogen-bond acceptors (Lipinski definition) is 3. The van der Waals surface area contributed by atoms with Crippen molar-refractivity contribution in [3.8, 4) is 0 Å². The van der Waals surface area contributed by atoms with Crippen LogP contribution in [0.4, 0.5) is 0 Å². The van der Waals surface area contributed by atoms with Crippen molar-refractivity contribution in [2.24, 2.45) is 0 Å². The van der Waals surface area contributed by atoms with Crippen LogP contribution in [0.1, 0.15) is 39.1 Å². The number of amides is 1. The molecular formula is C20H22N2O2. The quantitative estimate of drug-likeness (QED) is 0.861. The minimum atomic E-state index is -0.0611. The highest BCUT2D eigenvalue weighted by Crippen LogP contribution is 2.14. The second-order valence-electron chi connectivity index (χ2n) is 6.25. The lowest BCUT2D eigenvalue weighted by Crippen LogP contribution is -2.44. The zero-order valence-corrected chi connectivity index (χ0v) is 13.7. The molecule has 4 nitrogen and oxygen atoms in total. The van der Waals surface area contributed by atoms with Crippen molar-refractivity contribution in [1.29, 1.82) is 0 Å². The highest BCUT2D eigenvalue weighted by molar-refractivity contribution is 5.95. The van der Waals surface area contributed by atoms with Crippen molar-refractivity contribution in [3.05, 3.63) is 71.3 Å². The van der Waals surface area contributed by atoms with Crippen LogP contribution in [0.3, 0.4) is 0 Å². The molecule has 0 bridgehead atoms. The molecule has 1 amide bonds. The molecule has 0 spiro atoms. The summed E-state index contributed by atoms with van der Waals surface area (Å²) in [5.74, 6) is -0.0611. The van der Waals surface area contributed by atoms with Crippen molar-refractivity contribution in [2.45, 2.75) is 25.4 Å². The van der Waals surface area contributed by atoms with Crippen LogP contribution in [-0.4, -0.2) is 36.2 Å². The summed E-state index contributed by atoms with van der Waals surface area (Å²) in [6, 6.07) is 17.4. The van der Waals surface area contributed by atoms with Crippen LogP contribution in [0, 0.1) is 0 Å². The number of likely N-dealkylation sites (tertiary alicyclic amines) is 1. The summed E-state index contributed by atoms with van der Waals surface area (Å²) in [6.45, 7) is 2.95. The van der Waals surface area contributed by atoms with Crippen LogP contribution in [-0.2, 0) is 6.54 Å². The molecule has 1 saturated heterocycles. The summed E-state index contributed by atoms with van der Waals surface area (Å²) >= 11 is 0. The molecule has 124 valence electrons. The Morgan fingerprint density at radius 2 is 1.71 bits per heavy atom. The van der Waals surface area contributed by atoms with Crippen molar-refractivity contribution in [2.75, 3.05) is 13.1 Å². The van der Waals surface area contributed by atoms with Crippen molar-refractivity contribution < 1.29 is 9.59 Å². The number of carbonyl (C=O) groups excluding carboxylic acids is 2. The minimum Gasteiger partial charge on any atom is -0.349 e. The molecule has 2 aromatic rings. The third-order valence-electron chi connectivity index (χ3n) is 4.48. The molecule has 0 radical (unpaired) electrons. The number of nitrogens with one attached hydrogen (secondary N) is 1. The summed E-state index contributed by atoms with van der Waals surface area (Å²) < 4.78 is 0. The van der Waals surface area contributed by atoms with Gasteiger partial charge in [-0.05, 0) is 30.5 Å². The molecule has 1 aliphatic heterocycles. The molecule has 2 aromatic carbocycles. The number of rotatable bonds is 5. The summed E-state index contributed by atoms with van der Waals surface area (Å²) in [5.41, 5.74) is 2.52. The van der Waals surface area contributed by atoms with Crippen LogP contribution in [0.15, 0.2) is 54.6 Å². The minimum absolute atomic E-state index is 0.0611. The first kappa shape index (κ1) is 16.4. The van der Waals surface area contributed by atoms with E-state index in [1.165, 1.54) is 5.56 Å². The molecule has 4 heteroatoms. The molecular weight excluding hydrogens is 300 g/mol. The molecule has 3 rings (SSSR count). The SMILES string of the molecule is O=Cc1ccc(C(=O)NC2CCN(Cc3ccccc3)CC2)cc1. The van der Waals surface area contributed by atoms with E-state index in [9.17, 15) is 9.59 Å². The van der Waals surface area contributed by atoms with Crippen LogP contribution in [0.5, 0.6) is 0 Å². The first-order chi connectivity index (χ1) is 11.7. The van der Waals surface area contributed by atoms with E-state index in [0.29, 0.717) is 11.1 Å². The Kier molecular flexibility index (Phi) is 5.39. The molecule has 24 heavy (non-hydrogen) atoms. The lowest BCUT2D eigenvalue weighted by molar-refractivity contribution is 0.0908. The molecule has 1 heterocycles. The van der Waals surface area contributed by atoms with Gasteiger partial charge in [0.15, 0.2) is 0 Å². The van der Waals surface area contributed by atoms with E-state index in [1.54, 1.807) is 24.3 Å². The molecule has 1 aliphatic rings. The highest BCUT2D eigenvalue weighted by atomic mass is 16.1. The van der Waals surface area contributed by atoms with Gasteiger partial charge in [0.2, 0.25) is 0 Å². The Bertz CT molecular complexity index is 675. The second-order valence-corrected chi connectivity index (χ2v) is 6.25. The smallest absolute Gasteiger partial charge is 0.251 e. The second kappa shape index (κ2) is 7.88. The Balaban J connectivity index is 1.47. The first-order valence-electron chi connectivity index (χ1n) is 8.37. The fourth-order valence-electron chi connectivity index (χ4n) is 3.06. The van der Waals surface area contributed by atoms with E-state index in [0.717, 1.165) is 38.8 Å². The predicted molar refractivity (Wildman–Crippen MR) is 94.0 cm³/mol. The van der Waals surface area contributed by atoms with E-state index in [1.807, 2.05) is 6.07 Å². The zero-order valence-electron chi connectivity index (χ0n) is 13.7. The van der Waals surface area contributed by atoms with Crippen LogP contribution in [0.25, 0.3) is 0 Å². The van der Waals surface area contributed by atoms with E-state index in [4.69, 9.17) is 0 Å². The monoisotopic (exact) mass is 322 g/mol. The third-order valence-corrected chi connectivity index (χ3v) is 4.48. The van der Waals surface area contributed by atoms with Gasteiger partial charge in [-0.3, -0.25) is 14.5 Å². The van der Waals surface area contributed by atoms with Gasteiger partial charge in [-0.1, -0.05) is 42.5 Å². The molecule has 1 fully saturated rings. The number of benzene rings is 2. The van der Waals surface area contributed by atoms with Gasteiger partial charge in [0.25, 0.3) is 5.91 Å². The summed E-state index contributed by atoms with van der Waals surface area (Å²) in [6.07, 6.45) is 2.71. The van der Waals surface area contributed by atoms with Crippen molar-refractivity contribution >= 4 is 12.2 Å². The Labute approximate surface area is 142 Å². The largest absolute Gasteiger partial charge is 0.349 e. The maximum Gasteiger partial charge on any atom is 0.251 e. The maximum atomic E-state index is 12.3. The summed E-state index contributed by atoms with van der Waals surface area (Å²) in [7, 11) is 0. The van der Waals surface area contributed by atoms with E-state index in [-0.39, 0.29) is 11.9 Å². The number of carbonyl (C=O) groups is 2. The third kappa shape index (κ3) is 4.30. The first-order valence-corrected chi connectivity index (χ1v) is 8.37. The molecule has 0 saturated carbocycles. The van der Waals surface area contributed by atoms with E-state index in [2.05, 4.69) is 34.5 Å².